The number of carbonyl (C=O) groups is 4. The Morgan fingerprint density at radius 3 is 2.40 bits per heavy atom. The van der Waals surface area contributed by atoms with E-state index in [4.69, 9.17) is 9.47 Å². The van der Waals surface area contributed by atoms with Gasteiger partial charge in [0.05, 0.1) is 39.9 Å². The van der Waals surface area contributed by atoms with Crippen LogP contribution in [0.1, 0.15) is 104 Å². The maximum atomic E-state index is 16.5. The van der Waals surface area contributed by atoms with E-state index >= 15 is 8.78 Å². The number of aromatic nitrogens is 2. The van der Waals surface area contributed by atoms with Gasteiger partial charge in [0.25, 0.3) is 11.8 Å². The van der Waals surface area contributed by atoms with Gasteiger partial charge in [0.15, 0.2) is 5.69 Å². The van der Waals surface area contributed by atoms with E-state index < -0.39 is 129 Å². The topological polar surface area (TPSA) is 210 Å². The second kappa shape index (κ2) is 15.2. The maximum Gasteiger partial charge on any atom is 0.408 e. The summed E-state index contributed by atoms with van der Waals surface area (Å²) in [4.78, 5) is 66.6. The van der Waals surface area contributed by atoms with Crippen molar-refractivity contribution in [2.45, 2.75) is 139 Å². The summed E-state index contributed by atoms with van der Waals surface area (Å²) in [7, 11) is -4.32. The molecular formula is C42H51F4N7O8S. The molecule has 1 aromatic carbocycles. The first-order chi connectivity index (χ1) is 29.0. The summed E-state index contributed by atoms with van der Waals surface area (Å²) in [5.74, 6) is -9.85. The number of nitrogens with one attached hydrogen (secondary N) is 3. The maximum absolute atomic E-state index is 16.5. The fourth-order valence-corrected chi connectivity index (χ4v) is 11.0. The van der Waals surface area contributed by atoms with Gasteiger partial charge >= 0.3 is 6.09 Å². The van der Waals surface area contributed by atoms with Crippen molar-refractivity contribution < 1.29 is 54.6 Å². The fraction of sp³-hybridized carbons (Fsp3) is 0.690. The molecule has 5 fully saturated rings. The number of hydrogen-bond donors (Lipinski definition) is 3. The summed E-state index contributed by atoms with van der Waals surface area (Å²) in [6.45, 7) is 7.41. The number of ether oxygens (including phenoxy) is 2. The van der Waals surface area contributed by atoms with E-state index in [1.807, 2.05) is 10.8 Å². The molecule has 2 aromatic rings. The minimum atomic E-state index is -4.32. The highest BCUT2D eigenvalue weighted by molar-refractivity contribution is 7.91. The van der Waals surface area contributed by atoms with Crippen LogP contribution in [0.3, 0.4) is 0 Å². The van der Waals surface area contributed by atoms with Crippen LogP contribution in [0.4, 0.5) is 22.4 Å². The third kappa shape index (κ3) is 7.91. The number of alkyl halides is 4. The fourth-order valence-electron chi connectivity index (χ4n) is 9.71. The second-order valence-electron chi connectivity index (χ2n) is 19.5. The molecule has 1 aromatic heterocycles. The number of benzene rings is 1. The van der Waals surface area contributed by atoms with Gasteiger partial charge in [0.2, 0.25) is 34.1 Å². The lowest BCUT2D eigenvalue weighted by atomic mass is 9.85. The van der Waals surface area contributed by atoms with E-state index in [-0.39, 0.29) is 47.7 Å². The van der Waals surface area contributed by atoms with Gasteiger partial charge in [0, 0.05) is 12.3 Å². The summed E-state index contributed by atoms with van der Waals surface area (Å²) in [6, 6.07) is 3.14. The number of hydrogen-bond acceptors (Lipinski definition) is 11. The van der Waals surface area contributed by atoms with E-state index in [0.29, 0.717) is 25.2 Å². The summed E-state index contributed by atoms with van der Waals surface area (Å²) >= 11 is 0. The number of alkyl carbamates (subject to hydrolysis) is 1. The van der Waals surface area contributed by atoms with Crippen molar-refractivity contribution in [3.8, 4) is 11.9 Å². The molecule has 3 N–H and O–H groups in total. The highest BCUT2D eigenvalue weighted by Gasteiger charge is 2.68. The molecule has 4 saturated carbocycles. The predicted octanol–water partition coefficient (Wildman–Crippen LogP) is 5.07. The quantitative estimate of drug-likeness (QED) is 0.327. The van der Waals surface area contributed by atoms with Crippen LogP contribution in [0.2, 0.25) is 0 Å². The molecule has 0 spiro atoms. The van der Waals surface area contributed by atoms with Crippen LogP contribution in [-0.4, -0.2) is 94.6 Å². The summed E-state index contributed by atoms with van der Waals surface area (Å²) < 4.78 is 101. The number of sulfonamides is 1. The number of halogens is 4. The van der Waals surface area contributed by atoms with Crippen LogP contribution in [0.25, 0.3) is 11.0 Å². The smallest absolute Gasteiger partial charge is 0.408 e. The van der Waals surface area contributed by atoms with E-state index in [1.54, 1.807) is 20.8 Å². The molecule has 6 aliphatic rings. The number of carbonyl (C=O) groups excluding carboxylic acids is 4. The lowest BCUT2D eigenvalue weighted by Gasteiger charge is -2.36. The number of nitrogens with zero attached hydrogens (tertiary/aromatic N) is 4. The molecule has 10 atom stereocenters. The minimum Gasteiger partial charge on any atom is -0.471 e. The minimum absolute atomic E-state index is 0.0603. The normalized spacial score (nSPS) is 33.9. The van der Waals surface area contributed by atoms with Crippen LogP contribution < -0.4 is 20.1 Å². The van der Waals surface area contributed by atoms with Gasteiger partial charge in [0.1, 0.15) is 29.8 Å². The van der Waals surface area contributed by atoms with Gasteiger partial charge in [-0.1, -0.05) is 34.1 Å². The number of nitriles is 1. The Kier molecular flexibility index (Phi) is 10.7. The first kappa shape index (κ1) is 43.8. The second-order valence-corrected chi connectivity index (χ2v) is 21.7. The first-order valence-electron chi connectivity index (χ1n) is 21.2. The SMILES string of the molecule is C[C@@H]1[C@@H]2CN(C(=O)[C@H](C(C)(C)C)NC(=O)O[C@@H]3CC4C[C@@H]4[C@H]3CCCCC(F)(F)c3nc4ccc(C#N)cc4nc3O2)[C@@H]1C(=O)N[C@]1(C(=O)NS(=O)(=O)C2(C)CC2)C[C@H]1C(F)F. The molecule has 20 heteroatoms. The number of fused-ring (bicyclic) bond motifs is 7. The molecule has 8 rings (SSSR count). The van der Waals surface area contributed by atoms with Crippen LogP contribution in [-0.2, 0) is 35.1 Å². The van der Waals surface area contributed by atoms with E-state index in [9.17, 15) is 41.6 Å². The third-order valence-electron chi connectivity index (χ3n) is 14.1. The lowest BCUT2D eigenvalue weighted by molar-refractivity contribution is -0.143. The average Bonchev–Trinajstić information content (AvgIpc) is 4.15. The van der Waals surface area contributed by atoms with Gasteiger partial charge in [-0.15, -0.1) is 0 Å². The molecule has 0 radical (unpaired) electrons. The Bertz CT molecular complexity index is 2350. The molecule has 4 aliphatic carbocycles. The van der Waals surface area contributed by atoms with Crippen LogP contribution in [0, 0.1) is 46.3 Å². The van der Waals surface area contributed by atoms with Crippen LogP contribution >= 0.6 is 0 Å². The van der Waals surface area contributed by atoms with Crippen LogP contribution in [0.5, 0.6) is 5.88 Å². The van der Waals surface area contributed by atoms with Gasteiger partial charge < -0.3 is 25.0 Å². The van der Waals surface area contributed by atoms with E-state index in [2.05, 4.69) is 20.6 Å². The molecule has 15 nitrogen and oxygen atoms in total. The Balaban J connectivity index is 1.18. The standard InChI is InChI=1S/C42H51F4N7O8S/c1-20-29-19-53(30(20)34(54)51-41(17-25(41)33(43)44)37(56)52-62(58,59)40(5)12-13-40)36(55)32(39(2,3)4)50-38(57)61-28-16-22-15-24(22)23(28)8-6-7-11-42(45,46)31-35(60-29)49-27-14-21(18-47)9-10-26(27)48-31/h9-10,14,20,22-25,28-30,32-33H,6-8,11-13,15-17,19H2,1-5H3,(H,50,57)(H,51,54)(H,52,56)/t20-,22?,23-,24+,25+,28-,29+,30+,32-,41-/m1/s1. The molecule has 3 heterocycles. The number of rotatable bonds is 6. The van der Waals surface area contributed by atoms with Crippen molar-refractivity contribution >= 4 is 44.9 Å². The van der Waals surface area contributed by atoms with Crippen molar-refractivity contribution in [3.63, 3.8) is 0 Å². The third-order valence-corrected chi connectivity index (χ3v) is 16.2. The summed E-state index contributed by atoms with van der Waals surface area (Å²) in [5.41, 5.74) is -3.90. The van der Waals surface area contributed by atoms with Crippen molar-refractivity contribution in [2.75, 3.05) is 6.54 Å². The molecule has 336 valence electrons. The predicted molar refractivity (Wildman–Crippen MR) is 212 cm³/mol. The monoisotopic (exact) mass is 889 g/mol. The zero-order valence-corrected chi connectivity index (χ0v) is 35.9. The molecule has 1 unspecified atom stereocenters. The first-order valence-corrected chi connectivity index (χ1v) is 22.7. The Morgan fingerprint density at radius 2 is 1.76 bits per heavy atom. The highest BCUT2D eigenvalue weighted by atomic mass is 32.2. The van der Waals surface area contributed by atoms with E-state index in [1.165, 1.54) is 32.0 Å². The average molecular weight is 890 g/mol. The summed E-state index contributed by atoms with van der Waals surface area (Å²) in [5, 5.41) is 14.6. The van der Waals surface area contributed by atoms with Gasteiger partial charge in [-0.05, 0) is 93.2 Å². The van der Waals surface area contributed by atoms with Gasteiger partial charge in [-0.25, -0.2) is 32.0 Å². The van der Waals surface area contributed by atoms with E-state index in [0.717, 1.165) is 11.3 Å². The zero-order chi connectivity index (χ0) is 44.9. The molecular weight excluding hydrogens is 839 g/mol. The van der Waals surface area contributed by atoms with Crippen molar-refractivity contribution in [1.29, 1.82) is 5.26 Å². The van der Waals surface area contributed by atoms with Gasteiger partial charge in [-0.3, -0.25) is 19.1 Å². The highest BCUT2D eigenvalue weighted by Crippen LogP contribution is 2.58. The molecule has 4 amide bonds. The Hall–Kier alpha value is -4.80. The largest absolute Gasteiger partial charge is 0.471 e. The molecule has 1 saturated heterocycles. The number of amides is 4. The lowest BCUT2D eigenvalue weighted by Crippen LogP contribution is -2.61. The Labute approximate surface area is 356 Å². The van der Waals surface area contributed by atoms with Crippen molar-refractivity contribution in [2.24, 2.45) is 35.0 Å². The van der Waals surface area contributed by atoms with Crippen LogP contribution in [0.15, 0.2) is 18.2 Å². The summed E-state index contributed by atoms with van der Waals surface area (Å²) in [6.07, 6.45) is -4.06. The zero-order valence-electron chi connectivity index (χ0n) is 35.1. The van der Waals surface area contributed by atoms with Crippen molar-refractivity contribution in [3.05, 3.63) is 29.5 Å². The molecule has 2 bridgehead atoms. The van der Waals surface area contributed by atoms with Crippen molar-refractivity contribution in [1.82, 2.24) is 30.2 Å². The molecule has 2 aliphatic heterocycles. The Morgan fingerprint density at radius 1 is 1.03 bits per heavy atom. The van der Waals surface area contributed by atoms with Gasteiger partial charge in [-0.2, -0.15) is 14.0 Å². The molecule has 62 heavy (non-hydrogen) atoms.